The summed E-state index contributed by atoms with van der Waals surface area (Å²) in [5, 5.41) is 8.43. The molecule has 25 heavy (non-hydrogen) atoms. The molecular formula is C18H20N6O. The molecule has 2 unspecified atom stereocenters. The molecule has 2 aliphatic rings. The van der Waals surface area contributed by atoms with Crippen molar-refractivity contribution in [3.05, 3.63) is 36.3 Å². The number of nitrogens with zero attached hydrogens (tertiary/aromatic N) is 6. The van der Waals surface area contributed by atoms with Crippen LogP contribution in [0.4, 0.5) is 0 Å². The van der Waals surface area contributed by atoms with E-state index < -0.39 is 0 Å². The maximum atomic E-state index is 5.21. The number of rotatable bonds is 4. The zero-order chi connectivity index (χ0) is 17.0. The van der Waals surface area contributed by atoms with Crippen LogP contribution < -0.4 is 4.74 Å². The first kappa shape index (κ1) is 14.8. The van der Waals surface area contributed by atoms with Crippen molar-refractivity contribution in [3.8, 4) is 11.4 Å². The Morgan fingerprint density at radius 2 is 1.92 bits per heavy atom. The third kappa shape index (κ3) is 2.46. The highest BCUT2D eigenvalue weighted by Crippen LogP contribution is 2.52. The van der Waals surface area contributed by atoms with Gasteiger partial charge in [0, 0.05) is 19.5 Å². The van der Waals surface area contributed by atoms with E-state index in [2.05, 4.69) is 27.2 Å². The third-order valence-electron chi connectivity index (χ3n) is 5.53. The van der Waals surface area contributed by atoms with E-state index in [1.54, 1.807) is 18.0 Å². The molecule has 2 fully saturated rings. The van der Waals surface area contributed by atoms with E-state index >= 15 is 0 Å². The molecule has 0 spiro atoms. The molecule has 128 valence electrons. The van der Waals surface area contributed by atoms with Gasteiger partial charge in [-0.1, -0.05) is 5.21 Å². The summed E-state index contributed by atoms with van der Waals surface area (Å²) in [4.78, 5) is 11.7. The molecule has 1 aliphatic carbocycles. The summed E-state index contributed by atoms with van der Waals surface area (Å²) in [7, 11) is 3.86. The fraction of sp³-hybridized carbons (Fsp3) is 0.444. The molecule has 1 aromatic carbocycles. The van der Waals surface area contributed by atoms with Crippen LogP contribution in [0.15, 0.2) is 30.5 Å². The van der Waals surface area contributed by atoms with Crippen molar-refractivity contribution in [2.45, 2.75) is 6.42 Å². The summed E-state index contributed by atoms with van der Waals surface area (Å²) in [6, 6.07) is 7.73. The topological polar surface area (TPSA) is 69.0 Å². The van der Waals surface area contributed by atoms with Gasteiger partial charge in [0.1, 0.15) is 11.6 Å². The molecule has 2 atom stereocenters. The molecule has 7 heteroatoms. The largest absolute Gasteiger partial charge is 0.497 e. The van der Waals surface area contributed by atoms with Gasteiger partial charge in [-0.25, -0.2) is 9.97 Å². The van der Waals surface area contributed by atoms with Crippen molar-refractivity contribution < 1.29 is 4.74 Å². The second-order valence-corrected chi connectivity index (χ2v) is 7.11. The lowest BCUT2D eigenvalue weighted by molar-refractivity contribution is 0.342. The van der Waals surface area contributed by atoms with Gasteiger partial charge in [0.05, 0.1) is 19.0 Å². The van der Waals surface area contributed by atoms with Crippen LogP contribution in [-0.2, 0) is 6.42 Å². The van der Waals surface area contributed by atoms with Gasteiger partial charge in [0.25, 0.3) is 0 Å². The van der Waals surface area contributed by atoms with Gasteiger partial charge in [-0.3, -0.25) is 0 Å². The lowest BCUT2D eigenvalue weighted by Crippen LogP contribution is -2.19. The predicted molar refractivity (Wildman–Crippen MR) is 92.7 cm³/mol. The van der Waals surface area contributed by atoms with Gasteiger partial charge >= 0.3 is 0 Å². The maximum Gasteiger partial charge on any atom is 0.187 e. The number of hydrogen-bond acceptors (Lipinski definition) is 6. The molecule has 0 amide bonds. The predicted octanol–water partition coefficient (Wildman–Crippen LogP) is 1.57. The molecule has 0 bridgehead atoms. The number of aromatic nitrogens is 5. The highest BCUT2D eigenvalue weighted by molar-refractivity contribution is 5.70. The fourth-order valence-electron chi connectivity index (χ4n) is 4.13. The number of piperidine rings is 1. The highest BCUT2D eigenvalue weighted by Gasteiger charge is 2.54. The Balaban J connectivity index is 1.43. The third-order valence-corrected chi connectivity index (χ3v) is 5.53. The lowest BCUT2D eigenvalue weighted by Gasteiger charge is -2.12. The van der Waals surface area contributed by atoms with Crippen molar-refractivity contribution in [1.82, 2.24) is 29.9 Å². The normalized spacial score (nSPS) is 25.3. The van der Waals surface area contributed by atoms with Crippen LogP contribution in [0.5, 0.6) is 5.75 Å². The molecule has 2 aromatic heterocycles. The molecule has 0 N–H and O–H groups in total. The van der Waals surface area contributed by atoms with Gasteiger partial charge in [-0.15, -0.1) is 5.10 Å². The Hall–Kier alpha value is -2.54. The summed E-state index contributed by atoms with van der Waals surface area (Å²) in [5.41, 5.74) is 2.39. The molecule has 3 heterocycles. The second-order valence-electron chi connectivity index (χ2n) is 7.11. The minimum absolute atomic E-state index is 0.718. The summed E-state index contributed by atoms with van der Waals surface area (Å²) < 4.78 is 6.98. The first-order valence-corrected chi connectivity index (χ1v) is 8.63. The Kier molecular flexibility index (Phi) is 3.24. The van der Waals surface area contributed by atoms with Crippen LogP contribution in [0.1, 0.15) is 5.82 Å². The SMILES string of the molecule is COc1ccc(-n2nnc3cnc(CC4C5CN(C)CC45)nc32)cc1. The van der Waals surface area contributed by atoms with E-state index in [1.165, 1.54) is 13.1 Å². The average molecular weight is 336 g/mol. The van der Waals surface area contributed by atoms with E-state index in [0.717, 1.165) is 52.6 Å². The number of hydrogen-bond donors (Lipinski definition) is 0. The van der Waals surface area contributed by atoms with Gasteiger partial charge in [0.2, 0.25) is 0 Å². The first-order valence-electron chi connectivity index (χ1n) is 8.63. The van der Waals surface area contributed by atoms with Crippen LogP contribution in [0.2, 0.25) is 0 Å². The Labute approximate surface area is 145 Å². The quantitative estimate of drug-likeness (QED) is 0.720. The van der Waals surface area contributed by atoms with Crippen molar-refractivity contribution in [3.63, 3.8) is 0 Å². The van der Waals surface area contributed by atoms with Crippen molar-refractivity contribution >= 4 is 11.2 Å². The van der Waals surface area contributed by atoms with Gasteiger partial charge in [-0.2, -0.15) is 4.68 Å². The van der Waals surface area contributed by atoms with Crippen LogP contribution >= 0.6 is 0 Å². The summed E-state index contributed by atoms with van der Waals surface area (Å²) >= 11 is 0. The van der Waals surface area contributed by atoms with Gasteiger partial charge < -0.3 is 9.64 Å². The van der Waals surface area contributed by atoms with E-state index in [1.807, 2.05) is 24.3 Å². The molecule has 1 aliphatic heterocycles. The molecule has 5 rings (SSSR count). The van der Waals surface area contributed by atoms with E-state index in [0.29, 0.717) is 0 Å². The smallest absolute Gasteiger partial charge is 0.187 e. The van der Waals surface area contributed by atoms with Crippen molar-refractivity contribution in [2.24, 2.45) is 17.8 Å². The molecule has 1 saturated carbocycles. The molecule has 3 aromatic rings. The molecule has 1 saturated heterocycles. The van der Waals surface area contributed by atoms with Gasteiger partial charge in [-0.05, 0) is 49.1 Å². The van der Waals surface area contributed by atoms with Crippen molar-refractivity contribution in [2.75, 3.05) is 27.2 Å². The minimum Gasteiger partial charge on any atom is -0.497 e. The number of methoxy groups -OCH3 is 1. The zero-order valence-corrected chi connectivity index (χ0v) is 14.3. The first-order chi connectivity index (χ1) is 12.2. The number of likely N-dealkylation sites (tertiary alicyclic amines) is 1. The average Bonchev–Trinajstić information content (AvgIpc) is 3.00. The highest BCUT2D eigenvalue weighted by atomic mass is 16.5. The van der Waals surface area contributed by atoms with Crippen LogP contribution in [-0.4, -0.2) is 57.1 Å². The molecule has 0 radical (unpaired) electrons. The number of fused-ring (bicyclic) bond motifs is 2. The Bertz CT molecular complexity index is 909. The summed E-state index contributed by atoms with van der Waals surface area (Å²) in [6.45, 7) is 2.42. The minimum atomic E-state index is 0.718. The van der Waals surface area contributed by atoms with Crippen LogP contribution in [0, 0.1) is 17.8 Å². The van der Waals surface area contributed by atoms with E-state index in [4.69, 9.17) is 9.72 Å². The van der Waals surface area contributed by atoms with Gasteiger partial charge in [0.15, 0.2) is 11.2 Å². The number of benzene rings is 1. The fourth-order valence-corrected chi connectivity index (χ4v) is 4.13. The monoisotopic (exact) mass is 336 g/mol. The lowest BCUT2D eigenvalue weighted by atomic mass is 10.2. The van der Waals surface area contributed by atoms with Crippen molar-refractivity contribution in [1.29, 1.82) is 0 Å². The number of ether oxygens (including phenoxy) is 1. The second kappa shape index (κ2) is 5.49. The van der Waals surface area contributed by atoms with E-state index in [9.17, 15) is 0 Å². The Morgan fingerprint density at radius 3 is 2.64 bits per heavy atom. The summed E-state index contributed by atoms with van der Waals surface area (Å²) in [5.74, 6) is 4.10. The Morgan fingerprint density at radius 1 is 1.16 bits per heavy atom. The molecule has 7 nitrogen and oxygen atoms in total. The van der Waals surface area contributed by atoms with E-state index in [-0.39, 0.29) is 0 Å². The zero-order valence-electron chi connectivity index (χ0n) is 14.3. The van der Waals surface area contributed by atoms with Crippen LogP contribution in [0.25, 0.3) is 16.9 Å². The summed E-state index contributed by atoms with van der Waals surface area (Å²) in [6.07, 6.45) is 2.74. The standard InChI is InChI=1S/C18H20N6O/c1-23-9-14-13(15(14)10-23)7-17-19-8-16-18(20-17)24(22-21-16)11-3-5-12(25-2)6-4-11/h3-6,8,13-15H,7,9-10H2,1-2H3. The molecular weight excluding hydrogens is 316 g/mol. The van der Waals surface area contributed by atoms with Crippen LogP contribution in [0.3, 0.4) is 0 Å². The maximum absolute atomic E-state index is 5.21.